The van der Waals surface area contributed by atoms with Crippen molar-refractivity contribution in [2.24, 2.45) is 0 Å². The number of nitrogens with zero attached hydrogens (tertiary/aromatic N) is 8. The van der Waals surface area contributed by atoms with Crippen LogP contribution in [0.3, 0.4) is 0 Å². The number of aryl methyl sites for hydroxylation is 2. The smallest absolute Gasteiger partial charge is 0.418 e. The Morgan fingerprint density at radius 3 is 2.51 bits per heavy atom. The van der Waals surface area contributed by atoms with E-state index in [-0.39, 0.29) is 119 Å². The first-order valence-corrected chi connectivity index (χ1v) is 24.9. The molecule has 2 fully saturated rings. The van der Waals surface area contributed by atoms with E-state index in [1.165, 1.54) is 13.0 Å². The Labute approximate surface area is 427 Å². The fraction of sp³-hybridized carbons (Fsp3) is 0.415. The number of esters is 1. The maximum absolute atomic E-state index is 17.1. The molecular weight excluding hydrogens is 986 g/mol. The molecule has 4 atom stereocenters. The van der Waals surface area contributed by atoms with Gasteiger partial charge in [0.05, 0.1) is 50.9 Å². The van der Waals surface area contributed by atoms with Crippen LogP contribution in [0.25, 0.3) is 44.5 Å². The zero-order valence-corrected chi connectivity index (χ0v) is 42.4. The molecular formula is C53H54ClF4N9O7. The SMILES string of the molecule is C=C(COc1ccc2nc3c(c(CC)c2c1)Cn1c-3cc2c(c1=O)COC(=O)C2(O)CC)C(=O)N1CCN(c2nc(OC(C)C3CCCN3C)nc3c(F)c(-c4nc(N)cc(C)c4C(F)(F)F)c(Cl)cc23)C(C)C1. The topological polar surface area (TPSA) is 191 Å². The molecule has 388 valence electrons. The lowest BCUT2D eigenvalue weighted by atomic mass is 9.86. The summed E-state index contributed by atoms with van der Waals surface area (Å²) in [5, 5.41) is 11.9. The van der Waals surface area contributed by atoms with Gasteiger partial charge < -0.3 is 39.4 Å². The molecule has 4 unspecified atom stereocenters. The number of carbonyl (C=O) groups excluding carboxylic acids is 2. The third kappa shape index (κ3) is 8.43. The highest BCUT2D eigenvalue weighted by Gasteiger charge is 2.46. The molecule has 4 aliphatic heterocycles. The lowest BCUT2D eigenvalue weighted by Crippen LogP contribution is -2.54. The Balaban J connectivity index is 0.894. The minimum atomic E-state index is -4.93. The zero-order chi connectivity index (χ0) is 52.9. The van der Waals surface area contributed by atoms with Crippen molar-refractivity contribution >= 4 is 56.9 Å². The number of hydrogen-bond donors (Lipinski definition) is 2. The number of nitrogen functional groups attached to an aromatic ring is 1. The van der Waals surface area contributed by atoms with Gasteiger partial charge in [-0.15, -0.1) is 0 Å². The van der Waals surface area contributed by atoms with Crippen molar-refractivity contribution in [2.45, 2.75) is 103 Å². The fourth-order valence-electron chi connectivity index (χ4n) is 11.2. The molecule has 4 aromatic heterocycles. The molecule has 21 heteroatoms. The van der Waals surface area contributed by atoms with E-state index in [9.17, 15) is 32.7 Å². The first kappa shape index (κ1) is 50.6. The van der Waals surface area contributed by atoms with Gasteiger partial charge in [-0.3, -0.25) is 14.5 Å². The number of cyclic esters (lactones) is 1. The molecule has 0 saturated carbocycles. The first-order valence-electron chi connectivity index (χ1n) is 24.5. The second-order valence-corrected chi connectivity index (χ2v) is 20.0. The van der Waals surface area contributed by atoms with E-state index in [2.05, 4.69) is 21.4 Å². The molecule has 4 aliphatic rings. The number of fused-ring (bicyclic) bond motifs is 6. The molecule has 10 rings (SSSR count). The molecule has 6 aromatic rings. The van der Waals surface area contributed by atoms with Crippen LogP contribution in [-0.2, 0) is 45.7 Å². The van der Waals surface area contributed by atoms with E-state index >= 15 is 4.39 Å². The minimum absolute atomic E-state index is 0.00527. The number of anilines is 2. The standard InChI is InChI=1S/C53H54ClF4N9O7/c1-8-30-31-18-29(12-13-37(31)60-44-33(30)22-67-39(44)20-35-34(49(67)69)24-73-50(70)52(35,71)9-2)72-23-26(4)48(68)65-15-16-66(27(5)21-65)47-32-19-36(54)41(46-42(53(56,57)58)25(3)17-40(59)61-46)43(55)45(32)62-51(63-47)74-28(6)38-11-10-14-64(38)7/h12-13,17-20,27-28,38,71H,4,8-11,14-16,21-24H2,1-3,5-7H3,(H2,59,61). The van der Waals surface area contributed by atoms with E-state index in [0.29, 0.717) is 29.1 Å². The van der Waals surface area contributed by atoms with Crippen molar-refractivity contribution in [3.8, 4) is 34.4 Å². The van der Waals surface area contributed by atoms with Crippen molar-refractivity contribution in [3.63, 3.8) is 0 Å². The molecule has 16 nitrogen and oxygen atoms in total. The number of benzene rings is 2. The Morgan fingerprint density at radius 2 is 1.82 bits per heavy atom. The molecule has 8 heterocycles. The lowest BCUT2D eigenvalue weighted by Gasteiger charge is -2.41. The number of aromatic nitrogens is 5. The van der Waals surface area contributed by atoms with Gasteiger partial charge in [0.15, 0.2) is 11.4 Å². The molecule has 0 radical (unpaired) electrons. The summed E-state index contributed by atoms with van der Waals surface area (Å²) < 4.78 is 80.1. The van der Waals surface area contributed by atoms with Crippen molar-refractivity contribution < 1.29 is 46.5 Å². The third-order valence-corrected chi connectivity index (χ3v) is 15.3. The number of ether oxygens (including phenoxy) is 3. The van der Waals surface area contributed by atoms with Crippen LogP contribution in [-0.4, -0.2) is 109 Å². The number of likely N-dealkylation sites (tertiary alicyclic amines) is 1. The third-order valence-electron chi connectivity index (χ3n) is 15.0. The maximum atomic E-state index is 17.1. The summed E-state index contributed by atoms with van der Waals surface area (Å²) in [6.45, 7) is 14.0. The van der Waals surface area contributed by atoms with E-state index in [4.69, 9.17) is 41.5 Å². The Morgan fingerprint density at radius 1 is 1.05 bits per heavy atom. The number of piperazine rings is 1. The van der Waals surface area contributed by atoms with Gasteiger partial charge in [0.25, 0.3) is 11.5 Å². The summed E-state index contributed by atoms with van der Waals surface area (Å²) in [6.07, 6.45) is -2.96. The highest BCUT2D eigenvalue weighted by Crippen LogP contribution is 2.46. The minimum Gasteiger partial charge on any atom is -0.489 e. The van der Waals surface area contributed by atoms with Gasteiger partial charge in [-0.25, -0.2) is 19.2 Å². The first-order chi connectivity index (χ1) is 35.1. The quantitative estimate of drug-likeness (QED) is 0.0723. The maximum Gasteiger partial charge on any atom is 0.418 e. The molecule has 2 saturated heterocycles. The van der Waals surface area contributed by atoms with Crippen LogP contribution in [0.15, 0.2) is 53.3 Å². The summed E-state index contributed by atoms with van der Waals surface area (Å²) >= 11 is 6.73. The van der Waals surface area contributed by atoms with Gasteiger partial charge in [-0.05, 0) is 108 Å². The number of amides is 1. The lowest BCUT2D eigenvalue weighted by molar-refractivity contribution is -0.172. The second-order valence-electron chi connectivity index (χ2n) is 19.6. The number of rotatable bonds is 11. The van der Waals surface area contributed by atoms with Crippen LogP contribution in [0.2, 0.25) is 5.02 Å². The number of hydrogen-bond acceptors (Lipinski definition) is 14. The Bertz CT molecular complexity index is 3430. The molecule has 74 heavy (non-hydrogen) atoms. The van der Waals surface area contributed by atoms with Crippen molar-refractivity contribution in [1.82, 2.24) is 34.3 Å². The summed E-state index contributed by atoms with van der Waals surface area (Å²) in [4.78, 5) is 64.3. The van der Waals surface area contributed by atoms with Crippen LogP contribution in [0, 0.1) is 12.7 Å². The largest absolute Gasteiger partial charge is 0.489 e. The number of halogens is 5. The summed E-state index contributed by atoms with van der Waals surface area (Å²) in [5.41, 5.74) is 4.63. The van der Waals surface area contributed by atoms with Gasteiger partial charge in [0.1, 0.15) is 42.2 Å². The van der Waals surface area contributed by atoms with E-state index in [1.54, 1.807) is 34.6 Å². The van der Waals surface area contributed by atoms with Crippen LogP contribution >= 0.6 is 11.6 Å². The predicted molar refractivity (Wildman–Crippen MR) is 270 cm³/mol. The fourth-order valence-corrected chi connectivity index (χ4v) is 11.5. The van der Waals surface area contributed by atoms with Crippen molar-refractivity contribution in [1.29, 1.82) is 0 Å². The number of carbonyl (C=O) groups is 2. The highest BCUT2D eigenvalue weighted by molar-refractivity contribution is 6.34. The highest BCUT2D eigenvalue weighted by atomic mass is 35.5. The normalized spacial score (nSPS) is 20.1. The Kier molecular flexibility index (Phi) is 12.9. The van der Waals surface area contributed by atoms with Crippen LogP contribution < -0.4 is 25.7 Å². The second kappa shape index (κ2) is 18.8. The van der Waals surface area contributed by atoms with Crippen LogP contribution in [0.4, 0.5) is 29.2 Å². The van der Waals surface area contributed by atoms with Crippen LogP contribution in [0.5, 0.6) is 11.8 Å². The molecule has 0 spiro atoms. The molecule has 0 aliphatic carbocycles. The van der Waals surface area contributed by atoms with Crippen LogP contribution in [0.1, 0.15) is 80.3 Å². The average Bonchev–Trinajstić information content (AvgIpc) is 3.97. The van der Waals surface area contributed by atoms with Gasteiger partial charge in [0.2, 0.25) is 0 Å². The molecule has 3 N–H and O–H groups in total. The molecule has 2 aromatic carbocycles. The van der Waals surface area contributed by atoms with Crippen molar-refractivity contribution in [2.75, 3.05) is 50.5 Å². The van der Waals surface area contributed by atoms with Gasteiger partial charge in [-0.2, -0.15) is 23.1 Å². The monoisotopic (exact) mass is 1040 g/mol. The molecule has 0 bridgehead atoms. The number of likely N-dealkylation sites (N-methyl/N-ethyl adjacent to an activating group) is 1. The number of aliphatic hydroxyl groups is 1. The van der Waals surface area contributed by atoms with E-state index < -0.39 is 52.5 Å². The van der Waals surface area contributed by atoms with Crippen molar-refractivity contribution in [3.05, 3.63) is 103 Å². The van der Waals surface area contributed by atoms with Gasteiger partial charge in [0, 0.05) is 59.2 Å². The number of nitrogens with two attached hydrogens (primary N) is 1. The zero-order valence-electron chi connectivity index (χ0n) is 41.6. The van der Waals surface area contributed by atoms with Gasteiger partial charge >= 0.3 is 18.2 Å². The Hall–Kier alpha value is -6.90. The number of pyridine rings is 3. The number of alkyl halides is 3. The summed E-state index contributed by atoms with van der Waals surface area (Å²) in [7, 11) is 1.98. The summed E-state index contributed by atoms with van der Waals surface area (Å²) in [5.74, 6) is -1.89. The van der Waals surface area contributed by atoms with E-state index in [0.717, 1.165) is 42.0 Å². The molecule has 1 amide bonds. The predicted octanol–water partition coefficient (Wildman–Crippen LogP) is 7.88. The summed E-state index contributed by atoms with van der Waals surface area (Å²) in [6, 6.07) is 8.82. The average molecular weight is 1040 g/mol. The van der Waals surface area contributed by atoms with Gasteiger partial charge in [-0.1, -0.05) is 32.0 Å². The van der Waals surface area contributed by atoms with E-state index in [1.807, 2.05) is 38.8 Å².